The van der Waals surface area contributed by atoms with Crippen molar-refractivity contribution in [2.24, 2.45) is 0 Å². The van der Waals surface area contributed by atoms with Crippen LogP contribution in [0.25, 0.3) is 0 Å². The van der Waals surface area contributed by atoms with Crippen molar-refractivity contribution in [2.45, 2.75) is 24.8 Å². The zero-order valence-electron chi connectivity index (χ0n) is 16.8. The van der Waals surface area contributed by atoms with Crippen molar-refractivity contribution in [1.82, 2.24) is 25.4 Å². The van der Waals surface area contributed by atoms with Crippen LogP contribution in [0.2, 0.25) is 5.02 Å². The monoisotopic (exact) mass is 455 g/mol. The van der Waals surface area contributed by atoms with Crippen LogP contribution < -0.4 is 10.6 Å². The van der Waals surface area contributed by atoms with Gasteiger partial charge in [0.2, 0.25) is 5.91 Å². The molecular formula is C22H22ClN5O2S. The van der Waals surface area contributed by atoms with Crippen LogP contribution in [0.5, 0.6) is 0 Å². The molecule has 0 aliphatic heterocycles. The number of nitrogens with zero attached hydrogens (tertiary/aromatic N) is 3. The second-order valence-corrected chi connectivity index (χ2v) is 7.92. The molecule has 160 valence electrons. The zero-order valence-corrected chi connectivity index (χ0v) is 18.3. The minimum Gasteiger partial charge on any atom is -0.351 e. The van der Waals surface area contributed by atoms with Crippen molar-refractivity contribution in [3.05, 3.63) is 89.2 Å². The van der Waals surface area contributed by atoms with Gasteiger partial charge >= 0.3 is 0 Å². The topological polar surface area (TPSA) is 88.9 Å². The predicted molar refractivity (Wildman–Crippen MR) is 122 cm³/mol. The number of benzene rings is 2. The molecule has 3 rings (SSSR count). The van der Waals surface area contributed by atoms with E-state index in [-0.39, 0.29) is 24.1 Å². The van der Waals surface area contributed by atoms with E-state index in [1.54, 1.807) is 30.3 Å². The highest BCUT2D eigenvalue weighted by molar-refractivity contribution is 7.99. The molecule has 0 atom stereocenters. The van der Waals surface area contributed by atoms with Gasteiger partial charge in [-0.1, -0.05) is 65.8 Å². The molecular weight excluding hydrogens is 434 g/mol. The summed E-state index contributed by atoms with van der Waals surface area (Å²) < 4.78 is 1.82. The summed E-state index contributed by atoms with van der Waals surface area (Å²) >= 11 is 7.22. The number of amides is 2. The third kappa shape index (κ3) is 6.70. The van der Waals surface area contributed by atoms with Gasteiger partial charge in [-0.05, 0) is 23.8 Å². The fourth-order valence-corrected chi connectivity index (χ4v) is 3.72. The Morgan fingerprint density at radius 3 is 2.61 bits per heavy atom. The van der Waals surface area contributed by atoms with Crippen molar-refractivity contribution < 1.29 is 9.59 Å². The minimum atomic E-state index is -0.259. The molecule has 3 aromatic rings. The maximum absolute atomic E-state index is 12.3. The largest absolute Gasteiger partial charge is 0.351 e. The van der Waals surface area contributed by atoms with Gasteiger partial charge in [0.05, 0.1) is 12.3 Å². The second-order valence-electron chi connectivity index (χ2n) is 6.54. The number of nitrogens with one attached hydrogen (secondary N) is 2. The first-order chi connectivity index (χ1) is 15.1. The van der Waals surface area contributed by atoms with E-state index in [9.17, 15) is 9.59 Å². The molecule has 7 nitrogen and oxygen atoms in total. The Morgan fingerprint density at radius 1 is 1.06 bits per heavy atom. The third-order valence-corrected chi connectivity index (χ3v) is 5.47. The summed E-state index contributed by atoms with van der Waals surface area (Å²) in [5.74, 6) is 0.419. The van der Waals surface area contributed by atoms with Crippen LogP contribution in [0.3, 0.4) is 0 Å². The first-order valence-electron chi connectivity index (χ1n) is 9.57. The fourth-order valence-electron chi connectivity index (χ4n) is 2.74. The Labute approximate surface area is 189 Å². The van der Waals surface area contributed by atoms with Gasteiger partial charge in [-0.15, -0.1) is 16.8 Å². The van der Waals surface area contributed by atoms with E-state index in [0.717, 1.165) is 5.56 Å². The normalized spacial score (nSPS) is 10.5. The summed E-state index contributed by atoms with van der Waals surface area (Å²) in [6.07, 6.45) is 1.71. The number of allylic oxidation sites excluding steroid dienone is 1. The number of carbonyl (C=O) groups is 2. The summed E-state index contributed by atoms with van der Waals surface area (Å²) in [5, 5.41) is 15.1. The van der Waals surface area contributed by atoms with E-state index in [1.807, 2.05) is 34.9 Å². The van der Waals surface area contributed by atoms with Gasteiger partial charge in [-0.25, -0.2) is 0 Å². The molecule has 1 aromatic heterocycles. The second kappa shape index (κ2) is 11.3. The molecule has 0 spiro atoms. The Hall–Kier alpha value is -3.10. The summed E-state index contributed by atoms with van der Waals surface area (Å²) in [6, 6.07) is 16.4. The molecule has 0 aliphatic rings. The van der Waals surface area contributed by atoms with Gasteiger partial charge in [0.1, 0.15) is 0 Å². The molecule has 0 unspecified atom stereocenters. The van der Waals surface area contributed by atoms with E-state index < -0.39 is 0 Å². The minimum absolute atomic E-state index is 0.0992. The first-order valence-corrected chi connectivity index (χ1v) is 10.9. The number of carbonyl (C=O) groups excluding carboxylic acids is 2. The highest BCUT2D eigenvalue weighted by Crippen LogP contribution is 2.17. The molecule has 0 bridgehead atoms. The lowest BCUT2D eigenvalue weighted by Gasteiger charge is -2.09. The lowest BCUT2D eigenvalue weighted by atomic mass is 10.2. The third-order valence-electron chi connectivity index (χ3n) is 4.26. The predicted octanol–water partition coefficient (Wildman–Crippen LogP) is 3.46. The van der Waals surface area contributed by atoms with Crippen molar-refractivity contribution >= 4 is 35.2 Å². The van der Waals surface area contributed by atoms with E-state index in [0.29, 0.717) is 34.7 Å². The smallest absolute Gasteiger partial charge is 0.251 e. The van der Waals surface area contributed by atoms with Crippen molar-refractivity contribution in [3.8, 4) is 0 Å². The Balaban J connectivity index is 1.56. The first kappa shape index (κ1) is 22.6. The molecule has 0 fully saturated rings. The highest BCUT2D eigenvalue weighted by atomic mass is 35.5. The Bertz CT molecular complexity index is 1060. The molecule has 2 amide bonds. The number of thioether (sulfide) groups is 1. The molecule has 1 heterocycles. The SMILES string of the molecule is C=CCn1c(CNC(=O)c2cccc(Cl)c2)nnc1SCC(=O)NCc1ccccc1. The Kier molecular flexibility index (Phi) is 8.26. The number of hydrogen-bond donors (Lipinski definition) is 2. The molecule has 9 heteroatoms. The summed E-state index contributed by atoms with van der Waals surface area (Å²) in [7, 11) is 0. The van der Waals surface area contributed by atoms with Crippen LogP contribution in [-0.4, -0.2) is 32.3 Å². The number of hydrogen-bond acceptors (Lipinski definition) is 5. The maximum atomic E-state index is 12.3. The lowest BCUT2D eigenvalue weighted by Crippen LogP contribution is -2.25. The van der Waals surface area contributed by atoms with Gasteiger partial charge in [0.25, 0.3) is 5.91 Å². The van der Waals surface area contributed by atoms with Crippen LogP contribution in [-0.2, 0) is 24.4 Å². The molecule has 0 saturated heterocycles. The fraction of sp³-hybridized carbons (Fsp3) is 0.182. The van der Waals surface area contributed by atoms with Gasteiger partial charge in [0, 0.05) is 23.7 Å². The number of halogens is 1. The van der Waals surface area contributed by atoms with Crippen molar-refractivity contribution in [3.63, 3.8) is 0 Å². The van der Waals surface area contributed by atoms with Gasteiger partial charge in [0.15, 0.2) is 11.0 Å². The molecule has 31 heavy (non-hydrogen) atoms. The van der Waals surface area contributed by atoms with Gasteiger partial charge in [-0.3, -0.25) is 9.59 Å². The van der Waals surface area contributed by atoms with Crippen molar-refractivity contribution in [1.29, 1.82) is 0 Å². The van der Waals surface area contributed by atoms with E-state index in [4.69, 9.17) is 11.6 Å². The number of aromatic nitrogens is 3. The summed E-state index contributed by atoms with van der Waals surface area (Å²) in [6.45, 7) is 4.88. The van der Waals surface area contributed by atoms with Gasteiger partial charge in [-0.2, -0.15) is 0 Å². The van der Waals surface area contributed by atoms with E-state index in [2.05, 4.69) is 27.4 Å². The average molecular weight is 456 g/mol. The van der Waals surface area contributed by atoms with Crippen LogP contribution in [0.15, 0.2) is 72.4 Å². The van der Waals surface area contributed by atoms with Crippen LogP contribution >= 0.6 is 23.4 Å². The summed E-state index contributed by atoms with van der Waals surface area (Å²) in [5.41, 5.74) is 1.50. The quantitative estimate of drug-likeness (QED) is 0.361. The molecule has 0 aliphatic carbocycles. The average Bonchev–Trinajstić information content (AvgIpc) is 3.17. The van der Waals surface area contributed by atoms with Crippen LogP contribution in [0, 0.1) is 0 Å². The molecule has 2 N–H and O–H groups in total. The van der Waals surface area contributed by atoms with Crippen molar-refractivity contribution in [2.75, 3.05) is 5.75 Å². The van der Waals surface area contributed by atoms with E-state index >= 15 is 0 Å². The highest BCUT2D eigenvalue weighted by Gasteiger charge is 2.15. The maximum Gasteiger partial charge on any atom is 0.251 e. The lowest BCUT2D eigenvalue weighted by molar-refractivity contribution is -0.118. The van der Waals surface area contributed by atoms with Crippen LogP contribution in [0.1, 0.15) is 21.7 Å². The molecule has 0 saturated carbocycles. The standard InChI is InChI=1S/C22H22ClN5O2S/c1-2-11-28-19(14-25-21(30)17-9-6-10-18(23)12-17)26-27-22(28)31-15-20(29)24-13-16-7-4-3-5-8-16/h2-10,12H,1,11,13-15H2,(H,24,29)(H,25,30). The summed E-state index contributed by atoms with van der Waals surface area (Å²) in [4.78, 5) is 24.5. The Morgan fingerprint density at radius 2 is 1.87 bits per heavy atom. The van der Waals surface area contributed by atoms with Crippen LogP contribution in [0.4, 0.5) is 0 Å². The van der Waals surface area contributed by atoms with E-state index in [1.165, 1.54) is 11.8 Å². The number of rotatable bonds is 10. The molecule has 2 aromatic carbocycles. The van der Waals surface area contributed by atoms with Gasteiger partial charge < -0.3 is 15.2 Å². The molecule has 0 radical (unpaired) electrons. The zero-order chi connectivity index (χ0) is 22.1.